The van der Waals surface area contributed by atoms with Gasteiger partial charge in [-0.05, 0) is 59.8 Å². The van der Waals surface area contributed by atoms with Crippen molar-refractivity contribution < 1.29 is 23.9 Å². The zero-order valence-corrected chi connectivity index (χ0v) is 25.4. The molecule has 1 aliphatic carbocycles. The first-order valence-corrected chi connectivity index (χ1v) is 15.8. The Morgan fingerprint density at radius 2 is 1.69 bits per heavy atom. The molecule has 4 aromatic rings. The summed E-state index contributed by atoms with van der Waals surface area (Å²) in [5.74, 6) is -0.446. The molecule has 1 aliphatic heterocycles. The van der Waals surface area contributed by atoms with Crippen LogP contribution in [0.3, 0.4) is 0 Å². The van der Waals surface area contributed by atoms with Crippen LogP contribution in [0.15, 0.2) is 73.1 Å². The van der Waals surface area contributed by atoms with Crippen molar-refractivity contribution >= 4 is 40.6 Å². The molecular weight excluding hydrogens is 592 g/mol. The zero-order chi connectivity index (χ0) is 31.2. The van der Waals surface area contributed by atoms with Crippen molar-refractivity contribution in [2.75, 3.05) is 23.8 Å². The van der Waals surface area contributed by atoms with Crippen molar-refractivity contribution in [3.8, 4) is 11.5 Å². The Bertz CT molecular complexity index is 1660. The Balaban J connectivity index is 1.38. The zero-order valence-electron chi connectivity index (χ0n) is 24.6. The van der Waals surface area contributed by atoms with Crippen LogP contribution in [0, 0.1) is 0 Å². The molecule has 1 saturated carbocycles. The molecule has 0 saturated heterocycles. The second-order valence-electron chi connectivity index (χ2n) is 11.0. The fourth-order valence-corrected chi connectivity index (χ4v) is 6.37. The molecule has 6 rings (SSSR count). The van der Waals surface area contributed by atoms with Gasteiger partial charge >= 0.3 is 0 Å². The summed E-state index contributed by atoms with van der Waals surface area (Å²) < 4.78 is 15.8. The summed E-state index contributed by atoms with van der Waals surface area (Å²) in [6, 6.07) is 16.8. The predicted molar refractivity (Wildman–Crippen MR) is 170 cm³/mol. The maximum Gasteiger partial charge on any atom is 0.273 e. The van der Waals surface area contributed by atoms with Crippen molar-refractivity contribution in [2.45, 2.75) is 50.7 Å². The second-order valence-corrected chi connectivity index (χ2v) is 11.7. The molecule has 2 aromatic heterocycles. The van der Waals surface area contributed by atoms with Gasteiger partial charge in [0.05, 0.1) is 5.69 Å². The number of nitrogens with one attached hydrogen (secondary N) is 2. The number of aromatic nitrogens is 2. The van der Waals surface area contributed by atoms with Gasteiger partial charge in [-0.2, -0.15) is 4.37 Å². The van der Waals surface area contributed by atoms with Gasteiger partial charge in [0, 0.05) is 36.7 Å². The molecule has 1 atom stereocenters. The van der Waals surface area contributed by atoms with E-state index in [1.807, 2.05) is 30.3 Å². The number of carbonyl (C=O) groups excluding carboxylic acids is 3. The van der Waals surface area contributed by atoms with Crippen LogP contribution in [0.5, 0.6) is 11.5 Å². The average molecular weight is 627 g/mol. The number of nitrogens with two attached hydrogens (primary N) is 1. The number of nitrogen functional groups attached to an aromatic ring is 1. The van der Waals surface area contributed by atoms with Gasteiger partial charge in [-0.25, -0.2) is 0 Å². The Hall–Kier alpha value is -4.97. The maximum atomic E-state index is 14.6. The number of rotatable bonds is 9. The number of nitrogens with zero attached hydrogens (tertiary/aromatic N) is 3. The van der Waals surface area contributed by atoms with Crippen LogP contribution in [0.2, 0.25) is 0 Å². The highest BCUT2D eigenvalue weighted by molar-refractivity contribution is 7.09. The van der Waals surface area contributed by atoms with E-state index < -0.39 is 23.8 Å². The first-order chi connectivity index (χ1) is 22.0. The molecular formula is C33H34N6O5S. The lowest BCUT2D eigenvalue weighted by molar-refractivity contribution is -0.122. The number of amides is 3. The lowest BCUT2D eigenvalue weighted by Crippen LogP contribution is -2.44. The second kappa shape index (κ2) is 13.8. The first kappa shape index (κ1) is 30.1. The van der Waals surface area contributed by atoms with E-state index >= 15 is 0 Å². The molecule has 232 valence electrons. The number of ether oxygens (including phenoxy) is 2. The maximum absolute atomic E-state index is 14.6. The molecule has 3 heterocycles. The van der Waals surface area contributed by atoms with Crippen molar-refractivity contribution in [2.24, 2.45) is 0 Å². The Kier molecular flexibility index (Phi) is 9.20. The minimum atomic E-state index is -1.13. The fourth-order valence-electron chi connectivity index (χ4n) is 5.64. The van der Waals surface area contributed by atoms with Gasteiger partial charge in [-0.1, -0.05) is 49.6 Å². The van der Waals surface area contributed by atoms with E-state index in [1.54, 1.807) is 42.7 Å². The van der Waals surface area contributed by atoms with Gasteiger partial charge in [0.15, 0.2) is 17.2 Å². The van der Waals surface area contributed by atoms with Crippen LogP contribution in [0.1, 0.15) is 69.4 Å². The smallest absolute Gasteiger partial charge is 0.273 e. The molecule has 12 heteroatoms. The van der Waals surface area contributed by atoms with E-state index in [2.05, 4.69) is 20.0 Å². The van der Waals surface area contributed by atoms with Crippen LogP contribution in [0.25, 0.3) is 0 Å². The lowest BCUT2D eigenvalue weighted by Gasteiger charge is -2.32. The number of anilines is 2. The SMILES string of the molecule is Nc1c(C(=O)NC2CCCCC2)nsc1C(=O)N(c1ccc2c(c1)OCCO2)[C@@H](C(=O)NCc1ccccc1)c1ccncc1. The summed E-state index contributed by atoms with van der Waals surface area (Å²) in [5.41, 5.74) is 8.25. The van der Waals surface area contributed by atoms with Gasteiger partial charge in [0.2, 0.25) is 5.91 Å². The third-order valence-electron chi connectivity index (χ3n) is 7.94. The molecule has 2 aromatic carbocycles. The molecule has 2 aliphatic rings. The van der Waals surface area contributed by atoms with Crippen LogP contribution in [0.4, 0.5) is 11.4 Å². The molecule has 45 heavy (non-hydrogen) atoms. The van der Waals surface area contributed by atoms with E-state index in [0.717, 1.165) is 49.2 Å². The standard InChI is InChI=1S/C33H34N6O5S/c34-27-28(31(40)37-23-9-5-2-6-10-23)38-45-30(27)33(42)39(24-11-12-25-26(19-24)44-18-17-43-25)29(22-13-15-35-16-14-22)32(41)36-20-21-7-3-1-4-8-21/h1,3-4,7-8,11-16,19,23,29H,2,5-6,9-10,17-18,20,34H2,(H,36,41)(H,37,40)/t29-/m1/s1. The quantitative estimate of drug-likeness (QED) is 0.243. The third-order valence-corrected chi connectivity index (χ3v) is 8.79. The van der Waals surface area contributed by atoms with Gasteiger partial charge in [-0.3, -0.25) is 24.3 Å². The molecule has 3 amide bonds. The summed E-state index contributed by atoms with van der Waals surface area (Å²) in [6.45, 7) is 0.995. The number of hydrogen-bond donors (Lipinski definition) is 3. The largest absolute Gasteiger partial charge is 0.486 e. The molecule has 4 N–H and O–H groups in total. The number of carbonyl (C=O) groups is 3. The fraction of sp³-hybridized carbons (Fsp3) is 0.303. The highest BCUT2D eigenvalue weighted by atomic mass is 32.1. The molecule has 1 fully saturated rings. The Labute approximate surface area is 264 Å². The minimum absolute atomic E-state index is 0.00466. The van der Waals surface area contributed by atoms with Crippen molar-refractivity contribution in [3.63, 3.8) is 0 Å². The molecule has 0 radical (unpaired) electrons. The van der Waals surface area contributed by atoms with Crippen molar-refractivity contribution in [1.82, 2.24) is 20.0 Å². The highest BCUT2D eigenvalue weighted by Crippen LogP contribution is 2.39. The number of benzene rings is 2. The number of fused-ring (bicyclic) bond motifs is 1. The Morgan fingerprint density at radius 3 is 2.44 bits per heavy atom. The monoisotopic (exact) mass is 626 g/mol. The average Bonchev–Trinajstić information content (AvgIpc) is 3.48. The van der Waals surface area contributed by atoms with Gasteiger partial charge in [-0.15, -0.1) is 0 Å². The summed E-state index contributed by atoms with van der Waals surface area (Å²) in [4.78, 5) is 47.4. The lowest BCUT2D eigenvalue weighted by atomic mass is 9.95. The van der Waals surface area contributed by atoms with E-state index in [4.69, 9.17) is 15.2 Å². The Morgan fingerprint density at radius 1 is 0.956 bits per heavy atom. The highest BCUT2D eigenvalue weighted by Gasteiger charge is 2.37. The molecule has 0 spiro atoms. The van der Waals surface area contributed by atoms with E-state index in [0.29, 0.717) is 36.0 Å². The normalized spacial score (nSPS) is 15.1. The van der Waals surface area contributed by atoms with Gasteiger partial charge in [0.25, 0.3) is 11.8 Å². The summed E-state index contributed by atoms with van der Waals surface area (Å²) >= 11 is 0.834. The molecule has 0 unspecified atom stereocenters. The van der Waals surface area contributed by atoms with Gasteiger partial charge < -0.3 is 25.8 Å². The predicted octanol–water partition coefficient (Wildman–Crippen LogP) is 4.66. The topological polar surface area (TPSA) is 149 Å². The summed E-state index contributed by atoms with van der Waals surface area (Å²) in [5, 5.41) is 6.00. The number of pyridine rings is 1. The van der Waals surface area contributed by atoms with E-state index in [1.165, 1.54) is 4.90 Å². The van der Waals surface area contributed by atoms with Crippen LogP contribution in [-0.4, -0.2) is 46.3 Å². The molecule has 0 bridgehead atoms. The van der Waals surface area contributed by atoms with Crippen molar-refractivity contribution in [3.05, 3.63) is 94.8 Å². The summed E-state index contributed by atoms with van der Waals surface area (Å²) in [6.07, 6.45) is 8.17. The molecule has 11 nitrogen and oxygen atoms in total. The van der Waals surface area contributed by atoms with E-state index in [-0.39, 0.29) is 28.8 Å². The minimum Gasteiger partial charge on any atom is -0.486 e. The third kappa shape index (κ3) is 6.75. The van der Waals surface area contributed by atoms with Crippen molar-refractivity contribution in [1.29, 1.82) is 0 Å². The van der Waals surface area contributed by atoms with Crippen LogP contribution < -0.4 is 30.7 Å². The van der Waals surface area contributed by atoms with E-state index in [9.17, 15) is 14.4 Å². The number of hydrogen-bond acceptors (Lipinski definition) is 9. The summed E-state index contributed by atoms with van der Waals surface area (Å²) in [7, 11) is 0. The van der Waals surface area contributed by atoms with Gasteiger partial charge in [0.1, 0.15) is 24.1 Å². The van der Waals surface area contributed by atoms with Crippen LogP contribution >= 0.6 is 11.5 Å². The first-order valence-electron chi connectivity index (χ1n) is 15.0. The van der Waals surface area contributed by atoms with Crippen LogP contribution in [-0.2, 0) is 11.3 Å².